The molecule has 0 aromatic rings. The van der Waals surface area contributed by atoms with Crippen LogP contribution in [0.5, 0.6) is 0 Å². The summed E-state index contributed by atoms with van der Waals surface area (Å²) < 4.78 is 4.55. The second-order valence-corrected chi connectivity index (χ2v) is 7.50. The lowest BCUT2D eigenvalue weighted by atomic mass is 9.67. The van der Waals surface area contributed by atoms with E-state index in [-0.39, 0.29) is 12.4 Å². The molecule has 0 aromatic carbocycles. The molecule has 162 valence electrons. The Hall–Kier alpha value is -1.62. The lowest BCUT2D eigenvalue weighted by molar-refractivity contribution is -0.151. The summed E-state index contributed by atoms with van der Waals surface area (Å²) in [7, 11) is 0. The van der Waals surface area contributed by atoms with Gasteiger partial charge in [-0.2, -0.15) is 0 Å². The number of carboxylic acids is 1. The van der Waals surface area contributed by atoms with E-state index in [1.54, 1.807) is 5.57 Å². The monoisotopic (exact) mass is 396 g/mol. The van der Waals surface area contributed by atoms with E-state index in [2.05, 4.69) is 43.7 Å². The number of aliphatic hydroxyl groups is 1. The molecule has 0 bridgehead atoms. The van der Waals surface area contributed by atoms with Crippen LogP contribution in [0.25, 0.3) is 0 Å². The van der Waals surface area contributed by atoms with E-state index < -0.39 is 12.1 Å². The van der Waals surface area contributed by atoms with Gasteiger partial charge in [0.25, 0.3) is 5.97 Å². The predicted molar refractivity (Wildman–Crippen MR) is 113 cm³/mol. The zero-order valence-electron chi connectivity index (χ0n) is 18.5. The van der Waals surface area contributed by atoms with Gasteiger partial charge in [0.1, 0.15) is 0 Å². The number of fused-ring (bicyclic) bond motifs is 1. The summed E-state index contributed by atoms with van der Waals surface area (Å²) in [5, 5.41) is 16.2. The molecule has 5 atom stereocenters. The Morgan fingerprint density at radius 3 is 2.29 bits per heavy atom. The van der Waals surface area contributed by atoms with Crippen molar-refractivity contribution in [2.45, 2.75) is 79.8 Å². The van der Waals surface area contributed by atoms with Crippen molar-refractivity contribution in [2.24, 2.45) is 23.7 Å². The van der Waals surface area contributed by atoms with Crippen LogP contribution in [-0.4, -0.2) is 34.9 Å². The van der Waals surface area contributed by atoms with Crippen LogP contribution in [0.3, 0.4) is 0 Å². The fraction of sp³-hybridized carbons (Fsp3) is 0.739. The molecule has 1 fully saturated rings. The third kappa shape index (κ3) is 10.1. The number of carboxylic acid groups (broad SMARTS) is 1. The largest absolute Gasteiger partial charge is 0.481 e. The first-order chi connectivity index (χ1) is 13.2. The Morgan fingerprint density at radius 2 is 1.82 bits per heavy atom. The van der Waals surface area contributed by atoms with Crippen LogP contribution < -0.4 is 0 Å². The highest BCUT2D eigenvalue weighted by molar-refractivity contribution is 5.70. The molecule has 28 heavy (non-hydrogen) atoms. The average molecular weight is 397 g/mol. The number of cyclic esters (lactones) is 1. The van der Waals surface area contributed by atoms with Crippen LogP contribution in [-0.2, 0) is 14.3 Å². The Morgan fingerprint density at radius 1 is 1.21 bits per heavy atom. The van der Waals surface area contributed by atoms with E-state index >= 15 is 0 Å². The van der Waals surface area contributed by atoms with Gasteiger partial charge in [0, 0.05) is 13.3 Å². The smallest absolute Gasteiger partial charge is 0.308 e. The number of hydrogen-bond acceptors (Lipinski definition) is 4. The zero-order valence-corrected chi connectivity index (χ0v) is 18.5. The molecule has 3 rings (SSSR count). The maximum Gasteiger partial charge on any atom is 0.308 e. The van der Waals surface area contributed by atoms with Crippen molar-refractivity contribution in [1.29, 1.82) is 0 Å². The predicted octanol–water partition coefficient (Wildman–Crippen LogP) is 4.99. The quantitative estimate of drug-likeness (QED) is 0.610. The molecule has 1 aliphatic heterocycles. The maximum absolute atomic E-state index is 10.3. The first-order valence-corrected chi connectivity index (χ1v) is 10.7. The van der Waals surface area contributed by atoms with Crippen LogP contribution in [0.2, 0.25) is 0 Å². The Balaban J connectivity index is 0.000000441. The normalized spacial score (nSPS) is 30.5. The van der Waals surface area contributed by atoms with Gasteiger partial charge in [-0.3, -0.25) is 9.59 Å². The van der Waals surface area contributed by atoms with E-state index in [9.17, 15) is 4.79 Å². The number of carbonyl (C=O) groups is 2. The summed E-state index contributed by atoms with van der Waals surface area (Å²) in [6.07, 6.45) is 11.7. The fourth-order valence-electron chi connectivity index (χ4n) is 3.88. The lowest BCUT2D eigenvalue weighted by Gasteiger charge is -2.38. The third-order valence-electron chi connectivity index (χ3n) is 5.21. The molecule has 0 radical (unpaired) electrons. The molecule has 2 aliphatic carbocycles. The molecular weight excluding hydrogens is 356 g/mol. The van der Waals surface area contributed by atoms with Crippen LogP contribution in [0.1, 0.15) is 73.6 Å². The molecule has 1 heterocycles. The minimum Gasteiger partial charge on any atom is -0.481 e. The van der Waals surface area contributed by atoms with Gasteiger partial charge in [0.2, 0.25) is 0 Å². The Bertz CT molecular complexity index is 519. The van der Waals surface area contributed by atoms with E-state index in [1.807, 2.05) is 13.8 Å². The first-order valence-electron chi connectivity index (χ1n) is 10.7. The number of aliphatic carboxylic acids is 1. The van der Waals surface area contributed by atoms with Gasteiger partial charge in [0.05, 0.1) is 19.1 Å². The van der Waals surface area contributed by atoms with Crippen molar-refractivity contribution >= 4 is 11.9 Å². The van der Waals surface area contributed by atoms with Gasteiger partial charge < -0.3 is 14.9 Å². The summed E-state index contributed by atoms with van der Waals surface area (Å²) in [6, 6.07) is 0. The summed E-state index contributed by atoms with van der Waals surface area (Å²) >= 11 is 0. The molecular formula is C23H40O5. The zero-order chi connectivity index (χ0) is 21.7. The van der Waals surface area contributed by atoms with Gasteiger partial charge >= 0.3 is 5.97 Å². The van der Waals surface area contributed by atoms with Gasteiger partial charge in [-0.25, -0.2) is 0 Å². The molecule has 5 unspecified atom stereocenters. The molecule has 5 heteroatoms. The molecule has 1 saturated heterocycles. The second-order valence-electron chi connectivity index (χ2n) is 7.50. The number of hydrogen-bond donors (Lipinski definition) is 2. The molecule has 2 N–H and O–H groups in total. The average Bonchev–Trinajstić information content (AvgIpc) is 2.63. The van der Waals surface area contributed by atoms with Gasteiger partial charge in [0.15, 0.2) is 0 Å². The van der Waals surface area contributed by atoms with Gasteiger partial charge in [-0.1, -0.05) is 59.3 Å². The van der Waals surface area contributed by atoms with Crippen LogP contribution in [0.4, 0.5) is 0 Å². The number of ether oxygens (including phenoxy) is 1. The molecule has 0 amide bonds. The molecule has 0 spiro atoms. The van der Waals surface area contributed by atoms with E-state index in [0.717, 1.165) is 30.6 Å². The highest BCUT2D eigenvalue weighted by Crippen LogP contribution is 2.42. The van der Waals surface area contributed by atoms with Crippen LogP contribution in [0, 0.1) is 23.7 Å². The number of esters is 1. The van der Waals surface area contributed by atoms with Crippen molar-refractivity contribution in [3.8, 4) is 0 Å². The summed E-state index contributed by atoms with van der Waals surface area (Å²) in [5.41, 5.74) is 1.63. The summed E-state index contributed by atoms with van der Waals surface area (Å²) in [6.45, 7) is 12.5. The van der Waals surface area contributed by atoms with Crippen LogP contribution >= 0.6 is 0 Å². The van der Waals surface area contributed by atoms with Crippen molar-refractivity contribution in [3.63, 3.8) is 0 Å². The van der Waals surface area contributed by atoms with E-state index in [1.165, 1.54) is 19.3 Å². The molecule has 0 saturated carbocycles. The number of allylic oxidation sites excluding steroid dienone is 4. The summed E-state index contributed by atoms with van der Waals surface area (Å²) in [4.78, 5) is 19.3. The molecule has 5 nitrogen and oxygen atoms in total. The lowest BCUT2D eigenvalue weighted by Crippen LogP contribution is -2.27. The Labute approximate surface area is 170 Å². The van der Waals surface area contributed by atoms with Crippen molar-refractivity contribution < 1.29 is 24.5 Å². The fourth-order valence-corrected chi connectivity index (χ4v) is 3.88. The Kier molecular flexibility index (Phi) is 13.6. The minimum absolute atomic E-state index is 0.167. The second kappa shape index (κ2) is 14.4. The molecule has 3 aliphatic rings. The van der Waals surface area contributed by atoms with E-state index in [4.69, 9.17) is 15.0 Å². The third-order valence-corrected chi connectivity index (χ3v) is 5.21. The highest BCUT2D eigenvalue weighted by Gasteiger charge is 2.31. The highest BCUT2D eigenvalue weighted by atomic mass is 16.5. The van der Waals surface area contributed by atoms with Gasteiger partial charge in [-0.05, 0) is 42.1 Å². The number of aliphatic hydroxyl groups excluding tert-OH is 1. The summed E-state index contributed by atoms with van der Waals surface area (Å²) in [5.74, 6) is 2.24. The SMILES string of the molecule is CC.CC(=O)O.CCC1C(C)C=CC2=CC(C)CCC21.O=C1CC(O)CCO1. The number of carbonyl (C=O) groups excluding carboxylic acids is 1. The van der Waals surface area contributed by atoms with Crippen LogP contribution in [0.15, 0.2) is 23.8 Å². The standard InChI is InChI=1S/C14H22.C5H8O3.C2H4O2.C2H6/c1-4-13-11(3)6-7-12-9-10(2)5-8-14(12)13;6-4-1-2-8-5(7)3-4;1-2(3)4;1-2/h6-7,9-11,13-14H,4-5,8H2,1-3H3;4,6H,1-3H2;1H3,(H,3,4);1-2H3. The maximum atomic E-state index is 10.3. The first kappa shape index (κ1) is 26.4. The minimum atomic E-state index is -0.833. The van der Waals surface area contributed by atoms with Crippen molar-refractivity contribution in [1.82, 2.24) is 0 Å². The number of rotatable bonds is 1. The van der Waals surface area contributed by atoms with Crippen molar-refractivity contribution in [2.75, 3.05) is 6.61 Å². The topological polar surface area (TPSA) is 83.8 Å². The van der Waals surface area contributed by atoms with E-state index in [0.29, 0.717) is 13.0 Å². The van der Waals surface area contributed by atoms with Gasteiger partial charge in [-0.15, -0.1) is 0 Å². The van der Waals surface area contributed by atoms with Crippen molar-refractivity contribution in [3.05, 3.63) is 23.8 Å². The molecule has 0 aromatic heterocycles.